The average Bonchev–Trinajstić information content (AvgIpc) is 3.52. The van der Waals surface area contributed by atoms with Gasteiger partial charge in [0.15, 0.2) is 11.0 Å². The SMILES string of the molecule is COCc1nnc(SCc2ccc(C(=O)NCc3ccco3)cc2)n1-c1ccc(OC)cc1. The highest BCUT2D eigenvalue weighted by Gasteiger charge is 2.15. The van der Waals surface area contributed by atoms with Crippen molar-refractivity contribution in [3.63, 3.8) is 0 Å². The zero-order valence-electron chi connectivity index (χ0n) is 18.4. The van der Waals surface area contributed by atoms with Crippen molar-refractivity contribution in [1.29, 1.82) is 0 Å². The largest absolute Gasteiger partial charge is 0.497 e. The number of benzene rings is 2. The lowest BCUT2D eigenvalue weighted by Crippen LogP contribution is -2.22. The van der Waals surface area contributed by atoms with E-state index >= 15 is 0 Å². The Morgan fingerprint density at radius 2 is 1.85 bits per heavy atom. The summed E-state index contributed by atoms with van der Waals surface area (Å²) in [7, 11) is 3.27. The van der Waals surface area contributed by atoms with Gasteiger partial charge in [-0.2, -0.15) is 0 Å². The summed E-state index contributed by atoms with van der Waals surface area (Å²) < 4.78 is 17.8. The minimum Gasteiger partial charge on any atom is -0.497 e. The number of rotatable bonds is 10. The minimum absolute atomic E-state index is 0.144. The Morgan fingerprint density at radius 1 is 1.06 bits per heavy atom. The fourth-order valence-electron chi connectivity index (χ4n) is 3.19. The van der Waals surface area contributed by atoms with E-state index in [1.165, 1.54) is 0 Å². The van der Waals surface area contributed by atoms with E-state index in [1.54, 1.807) is 38.3 Å². The van der Waals surface area contributed by atoms with Gasteiger partial charge >= 0.3 is 0 Å². The Labute approximate surface area is 195 Å². The summed E-state index contributed by atoms with van der Waals surface area (Å²) >= 11 is 1.56. The van der Waals surface area contributed by atoms with Crippen LogP contribution in [-0.4, -0.2) is 34.9 Å². The lowest BCUT2D eigenvalue weighted by atomic mass is 10.1. The third-order valence-electron chi connectivity index (χ3n) is 4.89. The molecule has 2 aromatic carbocycles. The molecule has 1 N–H and O–H groups in total. The maximum Gasteiger partial charge on any atom is 0.251 e. The van der Waals surface area contributed by atoms with Gasteiger partial charge in [0.25, 0.3) is 5.91 Å². The topological polar surface area (TPSA) is 91.4 Å². The van der Waals surface area contributed by atoms with Crippen molar-refractivity contribution in [2.45, 2.75) is 24.1 Å². The number of ether oxygens (including phenoxy) is 2. The molecule has 2 heterocycles. The zero-order chi connectivity index (χ0) is 23.0. The molecular formula is C24H24N4O4S. The highest BCUT2D eigenvalue weighted by molar-refractivity contribution is 7.98. The van der Waals surface area contributed by atoms with Crippen LogP contribution in [0.2, 0.25) is 0 Å². The van der Waals surface area contributed by atoms with Gasteiger partial charge in [0.05, 0.1) is 19.9 Å². The number of thioether (sulfide) groups is 1. The monoisotopic (exact) mass is 464 g/mol. The molecule has 33 heavy (non-hydrogen) atoms. The quantitative estimate of drug-likeness (QED) is 0.351. The Hall–Kier alpha value is -3.56. The van der Waals surface area contributed by atoms with Gasteiger partial charge in [-0.15, -0.1) is 10.2 Å². The van der Waals surface area contributed by atoms with Gasteiger partial charge < -0.3 is 19.2 Å². The van der Waals surface area contributed by atoms with E-state index in [0.717, 1.165) is 22.2 Å². The highest BCUT2D eigenvalue weighted by atomic mass is 32.2. The minimum atomic E-state index is -0.144. The van der Waals surface area contributed by atoms with E-state index in [-0.39, 0.29) is 5.91 Å². The normalized spacial score (nSPS) is 10.8. The molecule has 1 amide bonds. The molecule has 2 aromatic heterocycles. The molecule has 0 saturated carbocycles. The van der Waals surface area contributed by atoms with Crippen molar-refractivity contribution in [1.82, 2.24) is 20.1 Å². The maximum absolute atomic E-state index is 12.3. The molecule has 4 aromatic rings. The van der Waals surface area contributed by atoms with Crippen LogP contribution in [0.1, 0.15) is 27.5 Å². The average molecular weight is 465 g/mol. The Kier molecular flexibility index (Phi) is 7.43. The summed E-state index contributed by atoms with van der Waals surface area (Å²) in [6.45, 7) is 0.704. The van der Waals surface area contributed by atoms with Crippen molar-refractivity contribution in [2.24, 2.45) is 0 Å². The molecule has 0 radical (unpaired) electrons. The molecule has 0 bridgehead atoms. The van der Waals surface area contributed by atoms with Crippen LogP contribution in [-0.2, 0) is 23.6 Å². The molecule has 0 atom stereocenters. The molecule has 9 heteroatoms. The number of amides is 1. The van der Waals surface area contributed by atoms with E-state index < -0.39 is 0 Å². The van der Waals surface area contributed by atoms with E-state index in [1.807, 2.05) is 59.2 Å². The van der Waals surface area contributed by atoms with E-state index in [9.17, 15) is 4.79 Å². The van der Waals surface area contributed by atoms with Crippen molar-refractivity contribution < 1.29 is 18.7 Å². The fraction of sp³-hybridized carbons (Fsp3) is 0.208. The van der Waals surface area contributed by atoms with Crippen molar-refractivity contribution in [2.75, 3.05) is 14.2 Å². The molecule has 0 unspecified atom stereocenters. The molecule has 0 fully saturated rings. The van der Waals surface area contributed by atoms with Gasteiger partial charge in [-0.1, -0.05) is 23.9 Å². The fourth-order valence-corrected chi connectivity index (χ4v) is 4.12. The lowest BCUT2D eigenvalue weighted by molar-refractivity contribution is 0.0948. The number of hydrogen-bond acceptors (Lipinski definition) is 7. The number of carbonyl (C=O) groups excluding carboxylic acids is 1. The first-order valence-corrected chi connectivity index (χ1v) is 11.3. The number of carbonyl (C=O) groups is 1. The summed E-state index contributed by atoms with van der Waals surface area (Å²) in [4.78, 5) is 12.3. The molecule has 0 aliphatic heterocycles. The molecule has 0 aliphatic carbocycles. The number of methoxy groups -OCH3 is 2. The predicted molar refractivity (Wildman–Crippen MR) is 125 cm³/mol. The van der Waals surface area contributed by atoms with Gasteiger partial charge in [0.1, 0.15) is 18.1 Å². The summed E-state index contributed by atoms with van der Waals surface area (Å²) in [6, 6.07) is 18.9. The van der Waals surface area contributed by atoms with E-state index in [2.05, 4.69) is 15.5 Å². The van der Waals surface area contributed by atoms with Crippen molar-refractivity contribution in [3.8, 4) is 11.4 Å². The van der Waals surface area contributed by atoms with Crippen LogP contribution in [0.15, 0.2) is 76.5 Å². The first-order valence-electron chi connectivity index (χ1n) is 10.3. The van der Waals surface area contributed by atoms with E-state index in [4.69, 9.17) is 13.9 Å². The van der Waals surface area contributed by atoms with Crippen LogP contribution in [0.4, 0.5) is 0 Å². The molecule has 0 saturated heterocycles. The van der Waals surface area contributed by atoms with Crippen LogP contribution < -0.4 is 10.1 Å². The van der Waals surface area contributed by atoms with Gasteiger partial charge in [-0.25, -0.2) is 0 Å². The molecular weight excluding hydrogens is 440 g/mol. The second-order valence-electron chi connectivity index (χ2n) is 7.11. The third-order valence-corrected chi connectivity index (χ3v) is 5.89. The summed E-state index contributed by atoms with van der Waals surface area (Å²) in [5, 5.41) is 12.3. The molecule has 0 aliphatic rings. The van der Waals surface area contributed by atoms with Crippen LogP contribution in [0.25, 0.3) is 5.69 Å². The smallest absolute Gasteiger partial charge is 0.251 e. The standard InChI is InChI=1S/C24H24N4O4S/c1-30-15-22-26-27-24(28(22)19-9-11-20(31-2)12-10-19)33-16-17-5-7-18(8-6-17)23(29)25-14-21-4-3-13-32-21/h3-13H,14-16H2,1-2H3,(H,25,29). The van der Waals surface area contributed by atoms with Crippen LogP contribution in [0.3, 0.4) is 0 Å². The van der Waals surface area contributed by atoms with Crippen LogP contribution in [0.5, 0.6) is 5.75 Å². The number of nitrogens with zero attached hydrogens (tertiary/aromatic N) is 3. The highest BCUT2D eigenvalue weighted by Crippen LogP contribution is 2.26. The number of hydrogen-bond donors (Lipinski definition) is 1. The molecule has 8 nitrogen and oxygen atoms in total. The third kappa shape index (κ3) is 5.63. The molecule has 170 valence electrons. The number of aromatic nitrogens is 3. The summed E-state index contributed by atoms with van der Waals surface area (Å²) in [5.74, 6) is 2.74. The summed E-state index contributed by atoms with van der Waals surface area (Å²) in [6.07, 6.45) is 1.58. The predicted octanol–water partition coefficient (Wildman–Crippen LogP) is 4.24. The Balaban J connectivity index is 1.42. The Bertz CT molecular complexity index is 1170. The maximum atomic E-state index is 12.3. The van der Waals surface area contributed by atoms with Crippen molar-refractivity contribution in [3.05, 3.63) is 89.6 Å². The van der Waals surface area contributed by atoms with Gasteiger partial charge in [0.2, 0.25) is 0 Å². The first-order chi connectivity index (χ1) is 16.2. The van der Waals surface area contributed by atoms with Gasteiger partial charge in [0, 0.05) is 24.1 Å². The number of furan rings is 1. The van der Waals surface area contributed by atoms with E-state index in [0.29, 0.717) is 36.1 Å². The molecule has 0 spiro atoms. The van der Waals surface area contributed by atoms with Crippen molar-refractivity contribution >= 4 is 17.7 Å². The molecule has 4 rings (SSSR count). The second kappa shape index (κ2) is 10.8. The lowest BCUT2D eigenvalue weighted by Gasteiger charge is -2.11. The zero-order valence-corrected chi connectivity index (χ0v) is 19.2. The second-order valence-corrected chi connectivity index (χ2v) is 8.06. The van der Waals surface area contributed by atoms with Gasteiger partial charge in [-0.05, 0) is 54.1 Å². The Morgan fingerprint density at radius 3 is 2.52 bits per heavy atom. The summed E-state index contributed by atoms with van der Waals surface area (Å²) in [5.41, 5.74) is 2.60. The van der Waals surface area contributed by atoms with Gasteiger partial charge in [-0.3, -0.25) is 9.36 Å². The first kappa shape index (κ1) is 22.6. The van der Waals surface area contributed by atoms with Crippen LogP contribution in [0, 0.1) is 0 Å². The number of nitrogens with one attached hydrogen (secondary N) is 1. The van der Waals surface area contributed by atoms with Crippen LogP contribution >= 0.6 is 11.8 Å².